The van der Waals surface area contributed by atoms with E-state index in [1.54, 1.807) is 42.5 Å². The normalized spacial score (nSPS) is 15.5. The molecule has 2 aromatic carbocycles. The number of imide groups is 1. The van der Waals surface area contributed by atoms with Gasteiger partial charge in [0.05, 0.1) is 11.1 Å². The lowest BCUT2D eigenvalue weighted by Crippen LogP contribution is -2.46. The van der Waals surface area contributed by atoms with Gasteiger partial charge in [0.2, 0.25) is 0 Å². The summed E-state index contributed by atoms with van der Waals surface area (Å²) in [5, 5.41) is 0. The van der Waals surface area contributed by atoms with E-state index in [9.17, 15) is 19.2 Å². The summed E-state index contributed by atoms with van der Waals surface area (Å²) in [6.07, 6.45) is 0.225. The van der Waals surface area contributed by atoms with Crippen molar-refractivity contribution in [3.05, 3.63) is 59.2 Å². The molecule has 0 spiro atoms. The molecule has 0 fully saturated rings. The number of carbonyl (C=O) groups excluding carboxylic acids is 4. The molecule has 2 aliphatic rings. The molecule has 4 rings (SSSR count). The van der Waals surface area contributed by atoms with Gasteiger partial charge in [0.1, 0.15) is 19.3 Å². The van der Waals surface area contributed by atoms with Crippen molar-refractivity contribution in [1.29, 1.82) is 0 Å². The third-order valence-corrected chi connectivity index (χ3v) is 5.31. The van der Waals surface area contributed by atoms with Gasteiger partial charge >= 0.3 is 5.97 Å². The summed E-state index contributed by atoms with van der Waals surface area (Å²) in [6.45, 7) is 4.05. The number of amides is 2. The molecule has 2 amide bonds. The van der Waals surface area contributed by atoms with Crippen LogP contribution in [0.5, 0.6) is 11.5 Å². The van der Waals surface area contributed by atoms with Crippen LogP contribution in [0.25, 0.3) is 0 Å². The van der Waals surface area contributed by atoms with E-state index in [0.29, 0.717) is 30.3 Å². The van der Waals surface area contributed by atoms with Crippen molar-refractivity contribution in [3.8, 4) is 11.5 Å². The van der Waals surface area contributed by atoms with Crippen LogP contribution in [0.2, 0.25) is 0 Å². The molecule has 0 aromatic heterocycles. The first-order valence-corrected chi connectivity index (χ1v) is 10.4. The minimum absolute atomic E-state index is 0.00496. The zero-order valence-electron chi connectivity index (χ0n) is 17.8. The van der Waals surface area contributed by atoms with Crippen LogP contribution < -0.4 is 9.47 Å². The molecule has 0 radical (unpaired) electrons. The minimum Gasteiger partial charge on any atom is -0.486 e. The van der Waals surface area contributed by atoms with Crippen molar-refractivity contribution >= 4 is 23.6 Å². The maximum Gasteiger partial charge on any atom is 0.329 e. The molecule has 0 saturated heterocycles. The van der Waals surface area contributed by atoms with Crippen LogP contribution in [0, 0.1) is 5.92 Å². The van der Waals surface area contributed by atoms with Crippen molar-refractivity contribution < 1.29 is 33.4 Å². The fraction of sp³-hybridized carbons (Fsp3) is 0.333. The molecule has 166 valence electrons. The number of rotatable bonds is 7. The molecule has 8 heteroatoms. The van der Waals surface area contributed by atoms with Crippen LogP contribution in [-0.2, 0) is 9.53 Å². The largest absolute Gasteiger partial charge is 0.486 e. The highest BCUT2D eigenvalue weighted by molar-refractivity contribution is 6.22. The maximum atomic E-state index is 12.9. The Hall–Kier alpha value is -3.68. The highest BCUT2D eigenvalue weighted by Gasteiger charge is 2.43. The van der Waals surface area contributed by atoms with Crippen LogP contribution >= 0.6 is 0 Å². The topological polar surface area (TPSA) is 99.2 Å². The summed E-state index contributed by atoms with van der Waals surface area (Å²) in [4.78, 5) is 52.1. The Kier molecular flexibility index (Phi) is 5.94. The van der Waals surface area contributed by atoms with E-state index in [1.807, 2.05) is 13.8 Å². The van der Waals surface area contributed by atoms with Gasteiger partial charge in [0.15, 0.2) is 23.9 Å². The Morgan fingerprint density at radius 1 is 0.969 bits per heavy atom. The number of carbonyl (C=O) groups is 4. The number of nitrogens with zero attached hydrogens (tertiary/aromatic N) is 1. The fourth-order valence-corrected chi connectivity index (χ4v) is 3.78. The summed E-state index contributed by atoms with van der Waals surface area (Å²) >= 11 is 0. The molecule has 0 aliphatic carbocycles. The lowest BCUT2D eigenvalue weighted by atomic mass is 10.0. The van der Waals surface area contributed by atoms with Gasteiger partial charge in [-0.1, -0.05) is 26.0 Å². The Bertz CT molecular complexity index is 1060. The maximum absolute atomic E-state index is 12.9. The number of hydrogen-bond acceptors (Lipinski definition) is 7. The SMILES string of the molecule is CC(C)CC(C(=O)OCC(=O)c1ccc2c(c1)OCCO2)N1C(=O)c2ccccc2C1=O. The highest BCUT2D eigenvalue weighted by Crippen LogP contribution is 2.31. The third kappa shape index (κ3) is 4.08. The molecule has 8 nitrogen and oxygen atoms in total. The van der Waals surface area contributed by atoms with Crippen LogP contribution in [0.4, 0.5) is 0 Å². The van der Waals surface area contributed by atoms with Gasteiger partial charge in [-0.25, -0.2) is 4.79 Å². The Morgan fingerprint density at radius 3 is 2.22 bits per heavy atom. The average molecular weight is 437 g/mol. The van der Waals surface area contributed by atoms with E-state index >= 15 is 0 Å². The smallest absolute Gasteiger partial charge is 0.329 e. The second kappa shape index (κ2) is 8.82. The summed E-state index contributed by atoms with van der Waals surface area (Å²) in [7, 11) is 0. The molecule has 2 aromatic rings. The molecule has 32 heavy (non-hydrogen) atoms. The summed E-state index contributed by atoms with van der Waals surface area (Å²) in [6, 6.07) is 10.1. The Labute approximate surface area is 185 Å². The van der Waals surface area contributed by atoms with Crippen molar-refractivity contribution in [1.82, 2.24) is 4.90 Å². The quantitative estimate of drug-likeness (QED) is 0.373. The Morgan fingerprint density at radius 2 is 1.59 bits per heavy atom. The van der Waals surface area contributed by atoms with E-state index < -0.39 is 36.2 Å². The van der Waals surface area contributed by atoms with Gasteiger partial charge in [0.25, 0.3) is 11.8 Å². The molecule has 0 saturated carbocycles. The van der Waals surface area contributed by atoms with E-state index in [-0.39, 0.29) is 23.5 Å². The van der Waals surface area contributed by atoms with E-state index in [4.69, 9.17) is 14.2 Å². The van der Waals surface area contributed by atoms with Crippen LogP contribution in [-0.4, -0.2) is 54.3 Å². The second-order valence-corrected chi connectivity index (χ2v) is 8.06. The van der Waals surface area contributed by atoms with Crippen molar-refractivity contribution in [2.75, 3.05) is 19.8 Å². The Balaban J connectivity index is 1.48. The van der Waals surface area contributed by atoms with Crippen LogP contribution in [0.15, 0.2) is 42.5 Å². The third-order valence-electron chi connectivity index (χ3n) is 5.31. The van der Waals surface area contributed by atoms with Gasteiger partial charge < -0.3 is 14.2 Å². The number of benzene rings is 2. The van der Waals surface area contributed by atoms with Crippen LogP contribution in [0.3, 0.4) is 0 Å². The highest BCUT2D eigenvalue weighted by atomic mass is 16.6. The zero-order valence-corrected chi connectivity index (χ0v) is 17.8. The van der Waals surface area contributed by atoms with E-state index in [1.165, 1.54) is 0 Å². The molecular weight excluding hydrogens is 414 g/mol. The van der Waals surface area contributed by atoms with Crippen molar-refractivity contribution in [2.24, 2.45) is 5.92 Å². The summed E-state index contributed by atoms with van der Waals surface area (Å²) in [5.74, 6) is -1.28. The number of ether oxygens (including phenoxy) is 3. The lowest BCUT2D eigenvalue weighted by Gasteiger charge is -2.26. The first-order valence-electron chi connectivity index (χ1n) is 10.4. The lowest BCUT2D eigenvalue weighted by molar-refractivity contribution is -0.147. The van der Waals surface area contributed by atoms with Crippen molar-refractivity contribution in [2.45, 2.75) is 26.3 Å². The second-order valence-electron chi connectivity index (χ2n) is 8.06. The summed E-state index contributed by atoms with van der Waals surface area (Å²) in [5.41, 5.74) is 0.820. The van der Waals surface area contributed by atoms with Crippen molar-refractivity contribution in [3.63, 3.8) is 0 Å². The van der Waals surface area contributed by atoms with Gasteiger partial charge in [-0.3, -0.25) is 19.3 Å². The summed E-state index contributed by atoms with van der Waals surface area (Å²) < 4.78 is 16.2. The van der Waals surface area contributed by atoms with Gasteiger partial charge in [-0.05, 0) is 42.7 Å². The van der Waals surface area contributed by atoms with Gasteiger partial charge in [0, 0.05) is 5.56 Å². The number of esters is 1. The fourth-order valence-electron chi connectivity index (χ4n) is 3.78. The predicted octanol–water partition coefficient (Wildman–Crippen LogP) is 2.89. The number of hydrogen-bond donors (Lipinski definition) is 0. The monoisotopic (exact) mass is 437 g/mol. The molecule has 1 unspecified atom stereocenters. The molecular formula is C24H23NO7. The number of Topliss-reactive ketones (excluding diaryl/α,β-unsaturated/α-hetero) is 1. The molecule has 2 aliphatic heterocycles. The first-order chi connectivity index (χ1) is 15.4. The minimum atomic E-state index is -1.12. The first kappa shape index (κ1) is 21.5. The number of fused-ring (bicyclic) bond motifs is 2. The zero-order chi connectivity index (χ0) is 22.8. The molecule has 2 heterocycles. The van der Waals surface area contributed by atoms with Gasteiger partial charge in [-0.2, -0.15) is 0 Å². The number of ketones is 1. The average Bonchev–Trinajstić information content (AvgIpc) is 3.05. The van der Waals surface area contributed by atoms with E-state index in [2.05, 4.69) is 0 Å². The molecule has 0 bridgehead atoms. The van der Waals surface area contributed by atoms with Crippen LogP contribution in [0.1, 0.15) is 51.3 Å². The van der Waals surface area contributed by atoms with Gasteiger partial charge in [-0.15, -0.1) is 0 Å². The van der Waals surface area contributed by atoms with E-state index in [0.717, 1.165) is 4.90 Å². The standard InChI is InChI=1S/C24H23NO7/c1-14(2)11-18(25-22(27)16-5-3-4-6-17(16)23(25)28)24(29)32-13-19(26)15-7-8-20-21(12-15)31-10-9-30-20/h3-8,12,14,18H,9-11,13H2,1-2H3. The molecule has 0 N–H and O–H groups in total. The predicted molar refractivity (Wildman–Crippen MR) is 113 cm³/mol. The molecule has 1 atom stereocenters.